The van der Waals surface area contributed by atoms with Crippen LogP contribution in [0, 0.1) is 6.92 Å². The highest BCUT2D eigenvalue weighted by molar-refractivity contribution is 7.11. The van der Waals surface area contributed by atoms with Gasteiger partial charge in [0.2, 0.25) is 5.91 Å². The lowest BCUT2D eigenvalue weighted by molar-refractivity contribution is -0.137. The molecule has 0 spiro atoms. The molecule has 0 unspecified atom stereocenters. The third kappa shape index (κ3) is 8.72. The van der Waals surface area contributed by atoms with Gasteiger partial charge in [-0.2, -0.15) is 13.2 Å². The van der Waals surface area contributed by atoms with Gasteiger partial charge in [0.1, 0.15) is 6.54 Å². The molecule has 0 aliphatic heterocycles. The van der Waals surface area contributed by atoms with Gasteiger partial charge in [-0.15, -0.1) is 11.3 Å². The van der Waals surface area contributed by atoms with Crippen molar-refractivity contribution in [1.82, 2.24) is 9.80 Å². The highest BCUT2D eigenvalue weighted by Gasteiger charge is 2.31. The standard InChI is InChI=1S/C28H31F3N2O3S/c1-3-36-16-8-15-32(27(35)23-11-7-12-24(17-23)28(29,30)31)20-26(34)33(18-22-9-5-4-6-10-22)19-25-14-13-21(2)37-25/h4-7,9-14,17H,3,8,15-16,18-20H2,1-2H3. The number of carbonyl (C=O) groups is 2. The first kappa shape index (κ1) is 28.4. The molecule has 3 aromatic rings. The number of hydrogen-bond donors (Lipinski definition) is 0. The number of halogens is 3. The average molecular weight is 533 g/mol. The van der Waals surface area contributed by atoms with E-state index in [9.17, 15) is 22.8 Å². The number of carbonyl (C=O) groups excluding carboxylic acids is 2. The smallest absolute Gasteiger partial charge is 0.382 e. The Kier molecular flexibility index (Phi) is 10.3. The van der Waals surface area contributed by atoms with Crippen molar-refractivity contribution in [3.05, 3.63) is 93.2 Å². The summed E-state index contributed by atoms with van der Waals surface area (Å²) in [5.41, 5.74) is -0.0727. The van der Waals surface area contributed by atoms with Crippen LogP contribution < -0.4 is 0 Å². The normalized spacial score (nSPS) is 11.4. The van der Waals surface area contributed by atoms with E-state index in [0.717, 1.165) is 27.5 Å². The summed E-state index contributed by atoms with van der Waals surface area (Å²) in [5.74, 6) is -0.908. The van der Waals surface area contributed by atoms with E-state index in [1.165, 1.54) is 17.0 Å². The first-order valence-corrected chi connectivity index (χ1v) is 12.9. The van der Waals surface area contributed by atoms with Gasteiger partial charge in [0.05, 0.1) is 12.1 Å². The third-order valence-corrected chi connectivity index (χ3v) is 6.67. The van der Waals surface area contributed by atoms with E-state index in [4.69, 9.17) is 4.74 Å². The lowest BCUT2D eigenvalue weighted by Crippen LogP contribution is -2.43. The maximum absolute atomic E-state index is 13.5. The summed E-state index contributed by atoms with van der Waals surface area (Å²) in [6, 6.07) is 17.8. The number of thiophene rings is 1. The molecule has 9 heteroatoms. The highest BCUT2D eigenvalue weighted by Crippen LogP contribution is 2.30. The molecule has 198 valence electrons. The second kappa shape index (κ2) is 13.4. The Hall–Kier alpha value is -3.17. The molecular formula is C28H31F3N2O3S. The van der Waals surface area contributed by atoms with E-state index in [2.05, 4.69) is 0 Å². The van der Waals surface area contributed by atoms with Crippen LogP contribution in [0.5, 0.6) is 0 Å². The zero-order chi connectivity index (χ0) is 26.8. The Bertz CT molecular complexity index is 1160. The summed E-state index contributed by atoms with van der Waals surface area (Å²) in [7, 11) is 0. The second-order valence-corrected chi connectivity index (χ2v) is 9.98. The molecular weight excluding hydrogens is 501 g/mol. The van der Waals surface area contributed by atoms with E-state index in [1.807, 2.05) is 56.3 Å². The fourth-order valence-electron chi connectivity index (χ4n) is 3.82. The minimum Gasteiger partial charge on any atom is -0.382 e. The van der Waals surface area contributed by atoms with Crippen molar-refractivity contribution in [3.8, 4) is 0 Å². The van der Waals surface area contributed by atoms with Crippen molar-refractivity contribution in [2.24, 2.45) is 0 Å². The van der Waals surface area contributed by atoms with Crippen molar-refractivity contribution in [1.29, 1.82) is 0 Å². The Balaban J connectivity index is 1.83. The maximum Gasteiger partial charge on any atom is 0.416 e. The van der Waals surface area contributed by atoms with E-state index in [1.54, 1.807) is 16.2 Å². The molecule has 3 rings (SSSR count). The fraction of sp³-hybridized carbons (Fsp3) is 0.357. The molecule has 0 atom stereocenters. The maximum atomic E-state index is 13.5. The number of hydrogen-bond acceptors (Lipinski definition) is 4. The van der Waals surface area contributed by atoms with Gasteiger partial charge in [0.25, 0.3) is 5.91 Å². The lowest BCUT2D eigenvalue weighted by Gasteiger charge is -2.28. The molecule has 5 nitrogen and oxygen atoms in total. The van der Waals surface area contributed by atoms with E-state index in [-0.39, 0.29) is 24.6 Å². The van der Waals surface area contributed by atoms with Crippen molar-refractivity contribution in [3.63, 3.8) is 0 Å². The van der Waals surface area contributed by atoms with Crippen LogP contribution in [0.25, 0.3) is 0 Å². The van der Waals surface area contributed by atoms with E-state index >= 15 is 0 Å². The number of aryl methyl sites for hydroxylation is 1. The summed E-state index contributed by atoms with van der Waals surface area (Å²) in [4.78, 5) is 32.0. The van der Waals surface area contributed by atoms with Gasteiger partial charge in [-0.3, -0.25) is 9.59 Å². The summed E-state index contributed by atoms with van der Waals surface area (Å²) in [6.45, 7) is 5.37. The van der Waals surface area contributed by atoms with Gasteiger partial charge >= 0.3 is 6.18 Å². The molecule has 0 bridgehead atoms. The first-order valence-electron chi connectivity index (χ1n) is 12.1. The number of ether oxygens (including phenoxy) is 1. The molecule has 0 fully saturated rings. The molecule has 0 aliphatic rings. The van der Waals surface area contributed by atoms with E-state index < -0.39 is 17.6 Å². The summed E-state index contributed by atoms with van der Waals surface area (Å²) >= 11 is 1.59. The van der Waals surface area contributed by atoms with Gasteiger partial charge < -0.3 is 14.5 Å². The molecule has 0 saturated carbocycles. The summed E-state index contributed by atoms with van der Waals surface area (Å²) < 4.78 is 45.1. The molecule has 0 saturated heterocycles. The monoisotopic (exact) mass is 532 g/mol. The van der Waals surface area contributed by atoms with Gasteiger partial charge in [0.15, 0.2) is 0 Å². The zero-order valence-electron chi connectivity index (χ0n) is 21.0. The number of benzene rings is 2. The number of amides is 2. The molecule has 2 aromatic carbocycles. The largest absolute Gasteiger partial charge is 0.416 e. The molecule has 0 aliphatic carbocycles. The van der Waals surface area contributed by atoms with Crippen LogP contribution in [0.1, 0.15) is 44.6 Å². The minimum atomic E-state index is -4.57. The topological polar surface area (TPSA) is 49.9 Å². The van der Waals surface area contributed by atoms with Gasteiger partial charge in [-0.05, 0) is 56.2 Å². The molecule has 0 N–H and O–H groups in total. The fourth-order valence-corrected chi connectivity index (χ4v) is 4.73. The number of rotatable bonds is 12. The summed E-state index contributed by atoms with van der Waals surface area (Å²) in [5, 5.41) is 0. The second-order valence-electron chi connectivity index (χ2n) is 8.60. The van der Waals surface area contributed by atoms with Crippen molar-refractivity contribution in [2.75, 3.05) is 26.3 Å². The average Bonchev–Trinajstić information content (AvgIpc) is 3.29. The number of alkyl halides is 3. The van der Waals surface area contributed by atoms with Crippen LogP contribution in [0.3, 0.4) is 0 Å². The summed E-state index contributed by atoms with van der Waals surface area (Å²) in [6.07, 6.45) is -4.12. The Morgan fingerprint density at radius 1 is 0.946 bits per heavy atom. The Labute approximate surface area is 219 Å². The molecule has 1 heterocycles. The van der Waals surface area contributed by atoms with Crippen LogP contribution in [0.2, 0.25) is 0 Å². The zero-order valence-corrected chi connectivity index (χ0v) is 21.8. The Morgan fingerprint density at radius 2 is 1.70 bits per heavy atom. The van der Waals surface area contributed by atoms with Gasteiger partial charge in [-0.25, -0.2) is 0 Å². The van der Waals surface area contributed by atoms with Gasteiger partial charge in [0, 0.05) is 41.6 Å². The first-order chi connectivity index (χ1) is 17.7. The molecule has 0 radical (unpaired) electrons. The quantitative estimate of drug-likeness (QED) is 0.262. The molecule has 37 heavy (non-hydrogen) atoms. The van der Waals surface area contributed by atoms with Gasteiger partial charge in [-0.1, -0.05) is 36.4 Å². The SMILES string of the molecule is CCOCCCN(CC(=O)N(Cc1ccccc1)Cc1ccc(C)s1)C(=O)c1cccc(C(F)(F)F)c1. The van der Waals surface area contributed by atoms with Crippen LogP contribution in [0.4, 0.5) is 13.2 Å². The van der Waals surface area contributed by atoms with Crippen molar-refractivity contribution >= 4 is 23.2 Å². The van der Waals surface area contributed by atoms with Crippen molar-refractivity contribution in [2.45, 2.75) is 39.5 Å². The van der Waals surface area contributed by atoms with Crippen LogP contribution >= 0.6 is 11.3 Å². The van der Waals surface area contributed by atoms with Crippen LogP contribution in [-0.4, -0.2) is 47.9 Å². The Morgan fingerprint density at radius 3 is 2.35 bits per heavy atom. The van der Waals surface area contributed by atoms with Crippen LogP contribution in [0.15, 0.2) is 66.7 Å². The van der Waals surface area contributed by atoms with E-state index in [0.29, 0.717) is 32.7 Å². The third-order valence-electron chi connectivity index (χ3n) is 5.68. The molecule has 2 amide bonds. The lowest BCUT2D eigenvalue weighted by atomic mass is 10.1. The van der Waals surface area contributed by atoms with Crippen LogP contribution in [-0.2, 0) is 28.8 Å². The predicted molar refractivity (Wildman–Crippen MR) is 138 cm³/mol. The molecule has 1 aromatic heterocycles. The van der Waals surface area contributed by atoms with Crippen molar-refractivity contribution < 1.29 is 27.5 Å². The highest BCUT2D eigenvalue weighted by atomic mass is 32.1. The number of nitrogens with zero attached hydrogens (tertiary/aromatic N) is 2. The minimum absolute atomic E-state index is 0.109. The predicted octanol–water partition coefficient (Wildman–Crippen LogP) is 6.17.